The Kier molecular flexibility index (Phi) is 6.28. The van der Waals surface area contributed by atoms with E-state index in [4.69, 9.17) is 23.2 Å². The van der Waals surface area contributed by atoms with E-state index in [9.17, 15) is 9.59 Å². The molecule has 0 radical (unpaired) electrons. The third kappa shape index (κ3) is 4.75. The van der Waals surface area contributed by atoms with Gasteiger partial charge in [0.15, 0.2) is 0 Å². The molecular formula is C16H18Cl2N2O2. The molecule has 0 heterocycles. The summed E-state index contributed by atoms with van der Waals surface area (Å²) in [5, 5.41) is 5.63. The molecule has 0 saturated carbocycles. The van der Waals surface area contributed by atoms with Crippen LogP contribution >= 0.6 is 23.2 Å². The number of rotatable bonds is 4. The largest absolute Gasteiger partial charge is 0.348 e. The highest BCUT2D eigenvalue weighted by molar-refractivity contribution is 6.44. The molecule has 0 unspecified atom stereocenters. The number of benzene rings is 1. The van der Waals surface area contributed by atoms with Crippen molar-refractivity contribution in [1.29, 1.82) is 0 Å². The van der Waals surface area contributed by atoms with Crippen molar-refractivity contribution in [3.05, 3.63) is 39.9 Å². The second-order valence-electron chi connectivity index (χ2n) is 5.16. The Labute approximate surface area is 139 Å². The molecule has 0 fully saturated rings. The van der Waals surface area contributed by atoms with Crippen LogP contribution in [0.5, 0.6) is 0 Å². The van der Waals surface area contributed by atoms with E-state index in [1.165, 1.54) is 18.4 Å². The molecule has 1 aliphatic carbocycles. The van der Waals surface area contributed by atoms with E-state index in [1.807, 2.05) is 0 Å². The summed E-state index contributed by atoms with van der Waals surface area (Å²) in [5.41, 5.74) is 1.60. The van der Waals surface area contributed by atoms with Gasteiger partial charge in [0.2, 0.25) is 0 Å². The first-order valence-corrected chi connectivity index (χ1v) is 8.04. The number of halogens is 2. The van der Waals surface area contributed by atoms with Crippen LogP contribution in [0.3, 0.4) is 0 Å². The lowest BCUT2D eigenvalue weighted by Gasteiger charge is -2.13. The molecule has 1 aromatic rings. The van der Waals surface area contributed by atoms with Crippen molar-refractivity contribution in [2.75, 3.05) is 11.9 Å². The maximum atomic E-state index is 11.8. The third-order valence-electron chi connectivity index (χ3n) is 3.52. The first-order chi connectivity index (χ1) is 10.6. The van der Waals surface area contributed by atoms with E-state index >= 15 is 0 Å². The number of hydrogen-bond donors (Lipinski definition) is 2. The highest BCUT2D eigenvalue weighted by atomic mass is 35.5. The molecule has 2 N–H and O–H groups in total. The number of nitrogens with one attached hydrogen (secondary N) is 2. The normalized spacial score (nSPS) is 14.2. The number of amides is 2. The predicted molar refractivity (Wildman–Crippen MR) is 89.3 cm³/mol. The van der Waals surface area contributed by atoms with Gasteiger partial charge in [0.25, 0.3) is 0 Å². The van der Waals surface area contributed by atoms with Crippen molar-refractivity contribution in [2.45, 2.75) is 32.1 Å². The van der Waals surface area contributed by atoms with Crippen LogP contribution in [0.2, 0.25) is 10.0 Å². The molecule has 1 aromatic carbocycles. The van der Waals surface area contributed by atoms with Crippen molar-refractivity contribution in [3.63, 3.8) is 0 Å². The molecule has 118 valence electrons. The second-order valence-corrected chi connectivity index (χ2v) is 5.98. The van der Waals surface area contributed by atoms with Gasteiger partial charge in [0, 0.05) is 6.54 Å². The minimum atomic E-state index is -0.771. The number of anilines is 1. The molecule has 0 bridgehead atoms. The monoisotopic (exact) mass is 340 g/mol. The van der Waals surface area contributed by atoms with Crippen LogP contribution in [-0.4, -0.2) is 18.4 Å². The van der Waals surface area contributed by atoms with Gasteiger partial charge in [-0.05, 0) is 44.2 Å². The van der Waals surface area contributed by atoms with Crippen LogP contribution in [0.1, 0.15) is 32.1 Å². The number of hydrogen-bond acceptors (Lipinski definition) is 2. The van der Waals surface area contributed by atoms with Gasteiger partial charge in [0.1, 0.15) is 0 Å². The van der Waals surface area contributed by atoms with Crippen LogP contribution in [0.15, 0.2) is 29.8 Å². The lowest BCUT2D eigenvalue weighted by atomic mass is 9.97. The highest BCUT2D eigenvalue weighted by Crippen LogP contribution is 2.29. The van der Waals surface area contributed by atoms with Gasteiger partial charge in [-0.3, -0.25) is 9.59 Å². The molecule has 0 spiro atoms. The lowest BCUT2D eigenvalue weighted by Crippen LogP contribution is -2.36. The van der Waals surface area contributed by atoms with Crippen LogP contribution in [0.4, 0.5) is 5.69 Å². The minimum Gasteiger partial charge on any atom is -0.348 e. The summed E-state index contributed by atoms with van der Waals surface area (Å²) in [6.07, 6.45) is 7.62. The van der Waals surface area contributed by atoms with E-state index in [1.54, 1.807) is 18.2 Å². The average Bonchev–Trinajstić information content (AvgIpc) is 2.52. The summed E-state index contributed by atoms with van der Waals surface area (Å²) in [7, 11) is 0. The maximum absolute atomic E-state index is 11.8. The lowest BCUT2D eigenvalue weighted by molar-refractivity contribution is -0.136. The Hall–Kier alpha value is -1.52. The maximum Gasteiger partial charge on any atom is 0.313 e. The van der Waals surface area contributed by atoms with Crippen LogP contribution < -0.4 is 10.6 Å². The number of carbonyl (C=O) groups is 2. The summed E-state index contributed by atoms with van der Waals surface area (Å²) in [5.74, 6) is -1.46. The van der Waals surface area contributed by atoms with Crippen molar-refractivity contribution in [2.24, 2.45) is 0 Å². The van der Waals surface area contributed by atoms with E-state index in [2.05, 4.69) is 16.7 Å². The van der Waals surface area contributed by atoms with Gasteiger partial charge in [-0.15, -0.1) is 0 Å². The fraction of sp³-hybridized carbons (Fsp3) is 0.375. The fourth-order valence-electron chi connectivity index (χ4n) is 2.34. The highest BCUT2D eigenvalue weighted by Gasteiger charge is 2.16. The Morgan fingerprint density at radius 2 is 1.82 bits per heavy atom. The van der Waals surface area contributed by atoms with Gasteiger partial charge in [0.05, 0.1) is 15.7 Å². The standard InChI is InChI=1S/C16H18Cl2N2O2/c17-12-7-4-8-13(18)14(12)20-16(22)15(21)19-10-9-11-5-2-1-3-6-11/h4-5,7-8H,1-3,6,9-10H2,(H,19,21)(H,20,22). The topological polar surface area (TPSA) is 58.2 Å². The molecule has 4 nitrogen and oxygen atoms in total. The molecule has 0 saturated heterocycles. The zero-order chi connectivity index (χ0) is 15.9. The van der Waals surface area contributed by atoms with E-state index < -0.39 is 11.8 Å². The van der Waals surface area contributed by atoms with Crippen LogP contribution in [0.25, 0.3) is 0 Å². The van der Waals surface area contributed by atoms with Gasteiger partial charge < -0.3 is 10.6 Å². The molecule has 2 amide bonds. The number of allylic oxidation sites excluding steroid dienone is 1. The summed E-state index contributed by atoms with van der Waals surface area (Å²) in [4.78, 5) is 23.6. The van der Waals surface area contributed by atoms with Crippen molar-refractivity contribution in [1.82, 2.24) is 5.32 Å². The van der Waals surface area contributed by atoms with Crippen molar-refractivity contribution in [3.8, 4) is 0 Å². The fourth-order valence-corrected chi connectivity index (χ4v) is 2.83. The Morgan fingerprint density at radius 3 is 2.45 bits per heavy atom. The SMILES string of the molecule is O=C(NCCC1=CCCCC1)C(=O)Nc1c(Cl)cccc1Cl. The molecule has 1 aliphatic rings. The molecule has 0 aromatic heterocycles. The number of carbonyl (C=O) groups excluding carboxylic acids is 2. The van der Waals surface area contributed by atoms with E-state index in [-0.39, 0.29) is 5.69 Å². The molecule has 22 heavy (non-hydrogen) atoms. The molecule has 0 aliphatic heterocycles. The average molecular weight is 341 g/mol. The van der Waals surface area contributed by atoms with Gasteiger partial charge >= 0.3 is 11.8 Å². The number of para-hydroxylation sites is 1. The third-order valence-corrected chi connectivity index (χ3v) is 4.15. The van der Waals surface area contributed by atoms with Crippen molar-refractivity contribution >= 4 is 40.7 Å². The summed E-state index contributed by atoms with van der Waals surface area (Å²) >= 11 is 11.9. The zero-order valence-corrected chi connectivity index (χ0v) is 13.6. The van der Waals surface area contributed by atoms with Gasteiger partial charge in [-0.1, -0.05) is 40.9 Å². The summed E-state index contributed by atoms with van der Waals surface area (Å²) in [6, 6.07) is 4.85. The van der Waals surface area contributed by atoms with E-state index in [0.717, 1.165) is 19.3 Å². The van der Waals surface area contributed by atoms with E-state index in [0.29, 0.717) is 16.6 Å². The molecular weight excluding hydrogens is 323 g/mol. The van der Waals surface area contributed by atoms with Gasteiger partial charge in [-0.25, -0.2) is 0 Å². The Morgan fingerprint density at radius 1 is 1.09 bits per heavy atom. The summed E-state index contributed by atoms with van der Waals surface area (Å²) in [6.45, 7) is 0.453. The zero-order valence-electron chi connectivity index (χ0n) is 12.1. The van der Waals surface area contributed by atoms with Crippen LogP contribution in [-0.2, 0) is 9.59 Å². The minimum absolute atomic E-state index is 0.251. The predicted octanol–water partition coefficient (Wildman–Crippen LogP) is 3.94. The molecule has 0 atom stereocenters. The molecule has 6 heteroatoms. The van der Waals surface area contributed by atoms with Crippen molar-refractivity contribution < 1.29 is 9.59 Å². The van der Waals surface area contributed by atoms with Crippen LogP contribution in [0, 0.1) is 0 Å². The molecule has 2 rings (SSSR count). The smallest absolute Gasteiger partial charge is 0.313 e. The first kappa shape index (κ1) is 16.8. The second kappa shape index (κ2) is 8.20. The Balaban J connectivity index is 1.82. The van der Waals surface area contributed by atoms with Gasteiger partial charge in [-0.2, -0.15) is 0 Å². The summed E-state index contributed by atoms with van der Waals surface area (Å²) < 4.78 is 0. The Bertz CT molecular complexity index is 580. The first-order valence-electron chi connectivity index (χ1n) is 7.29. The quantitative estimate of drug-likeness (QED) is 0.644.